The van der Waals surface area contributed by atoms with Gasteiger partial charge in [-0.3, -0.25) is 9.36 Å². The van der Waals surface area contributed by atoms with Gasteiger partial charge >= 0.3 is 0 Å². The molecule has 0 atom stereocenters. The lowest BCUT2D eigenvalue weighted by Crippen LogP contribution is -2.44. The smallest absolute Gasteiger partial charge is 0.271 e. The summed E-state index contributed by atoms with van der Waals surface area (Å²) in [5.74, 6) is -1.99. The average molecular weight is 527 g/mol. The Morgan fingerprint density at radius 2 is 1.62 bits per heavy atom. The van der Waals surface area contributed by atoms with E-state index < -0.39 is 36.8 Å². The monoisotopic (exact) mass is 526 g/mol. The fraction of sp³-hybridized carbons (Fsp3) is 0.240. The van der Waals surface area contributed by atoms with E-state index in [0.717, 1.165) is 60.3 Å². The highest BCUT2D eigenvalue weighted by Crippen LogP contribution is 2.25. The van der Waals surface area contributed by atoms with E-state index in [4.69, 9.17) is 0 Å². The van der Waals surface area contributed by atoms with Crippen molar-refractivity contribution in [3.8, 4) is 0 Å². The Morgan fingerprint density at radius 1 is 0.919 bits per heavy atom. The van der Waals surface area contributed by atoms with Crippen LogP contribution in [0, 0.1) is 11.6 Å². The van der Waals surface area contributed by atoms with Crippen LogP contribution in [0.5, 0.6) is 0 Å². The van der Waals surface area contributed by atoms with Gasteiger partial charge in [0.05, 0.1) is 0 Å². The van der Waals surface area contributed by atoms with Crippen molar-refractivity contribution in [1.29, 1.82) is 0 Å². The lowest BCUT2D eigenvalue weighted by atomic mass is 10.2. The van der Waals surface area contributed by atoms with Gasteiger partial charge in [-0.15, -0.1) is 0 Å². The maximum absolute atomic E-state index is 14.2. The molecule has 0 radical (unpaired) electrons. The summed E-state index contributed by atoms with van der Waals surface area (Å²) in [6.45, 7) is 3.92. The van der Waals surface area contributed by atoms with Crippen molar-refractivity contribution in [2.45, 2.75) is 9.79 Å². The Bertz CT molecular complexity index is 1650. The fourth-order valence-corrected chi connectivity index (χ4v) is 5.68. The molecule has 0 bridgehead atoms. The molecule has 1 N–H and O–H groups in total. The molecule has 0 amide bonds. The van der Waals surface area contributed by atoms with Crippen LogP contribution in [0.1, 0.15) is 0 Å². The topological polar surface area (TPSA) is 100 Å². The summed E-state index contributed by atoms with van der Waals surface area (Å²) >= 11 is 0. The van der Waals surface area contributed by atoms with Gasteiger partial charge in [0.15, 0.2) is 0 Å². The molecule has 1 aliphatic heterocycles. The van der Waals surface area contributed by atoms with Crippen molar-refractivity contribution in [2.75, 3.05) is 43.4 Å². The number of aromatic nitrogens is 3. The third-order valence-electron chi connectivity index (χ3n) is 6.38. The largest absolute Gasteiger partial charge is 0.369 e. The van der Waals surface area contributed by atoms with Crippen LogP contribution in [0.3, 0.4) is 0 Å². The molecular weight excluding hydrogens is 502 g/mol. The summed E-state index contributed by atoms with van der Waals surface area (Å²) in [7, 11) is -1.09. The summed E-state index contributed by atoms with van der Waals surface area (Å²) in [5.41, 5.74) is 1.16. The Balaban J connectivity index is 1.43. The van der Waals surface area contributed by atoms with Gasteiger partial charge in [0.25, 0.3) is 5.56 Å². The number of halogens is 2. The molecule has 0 aliphatic carbocycles. The Hall–Kier alpha value is -3.90. The van der Waals surface area contributed by atoms with E-state index in [1.165, 1.54) is 13.2 Å². The van der Waals surface area contributed by atoms with E-state index in [2.05, 4.69) is 32.1 Å². The molecule has 1 saturated heterocycles. The molecule has 4 aromatic rings. The molecule has 0 spiro atoms. The lowest BCUT2D eigenvalue weighted by molar-refractivity contribution is 0.313. The molecule has 0 unspecified atom stereocenters. The predicted octanol–water partition coefficient (Wildman–Crippen LogP) is 2.93. The number of pyridine rings is 1. The minimum atomic E-state index is -4.56. The summed E-state index contributed by atoms with van der Waals surface area (Å²) in [4.78, 5) is 24.7. The summed E-state index contributed by atoms with van der Waals surface area (Å²) < 4.78 is 54.6. The van der Waals surface area contributed by atoms with E-state index in [1.807, 2.05) is 24.3 Å². The van der Waals surface area contributed by atoms with E-state index in [0.29, 0.717) is 6.07 Å². The molecule has 1 aliphatic rings. The number of aryl methyl sites for hydroxylation is 1. The van der Waals surface area contributed by atoms with Gasteiger partial charge in [-0.25, -0.2) is 22.2 Å². The normalized spacial score (nSPS) is 14.8. The van der Waals surface area contributed by atoms with Crippen molar-refractivity contribution in [1.82, 2.24) is 19.4 Å². The van der Waals surface area contributed by atoms with Crippen LogP contribution in [0.2, 0.25) is 0 Å². The highest BCUT2D eigenvalue weighted by atomic mass is 32.2. The number of hydrogen-bond acceptors (Lipinski definition) is 8. The number of sulfone groups is 1. The zero-order valence-electron chi connectivity index (χ0n) is 20.1. The van der Waals surface area contributed by atoms with Crippen LogP contribution in [0.25, 0.3) is 11.0 Å². The van der Waals surface area contributed by atoms with Gasteiger partial charge in [-0.1, -0.05) is 0 Å². The summed E-state index contributed by atoms with van der Waals surface area (Å²) in [6.07, 6.45) is 1.38. The molecule has 5 rings (SSSR count). The van der Waals surface area contributed by atoms with Gasteiger partial charge in [-0.2, -0.15) is 4.98 Å². The SMILES string of the molecule is CN1CCN(c2ccc(Nc3ncc4cc(S(=O)(=O)c5ccc(F)cc5F)c(=O)n(C)c4n3)cc2)CC1. The molecule has 2 aromatic heterocycles. The highest BCUT2D eigenvalue weighted by Gasteiger charge is 2.27. The minimum Gasteiger partial charge on any atom is -0.369 e. The number of benzene rings is 2. The molecule has 12 heteroatoms. The second-order valence-corrected chi connectivity index (χ2v) is 10.8. The standard InChI is InChI=1S/C25H24F2N6O3S/c1-31-9-11-33(12-10-31)19-6-4-18(5-7-19)29-25-28-15-16-13-22(24(34)32(2)23(16)30-25)37(35,36)21-8-3-17(26)14-20(21)27/h3-8,13-15H,9-12H2,1-2H3,(H,28,29,30). The van der Waals surface area contributed by atoms with Crippen LogP contribution >= 0.6 is 0 Å². The van der Waals surface area contributed by atoms with Gasteiger partial charge in [-0.05, 0) is 49.5 Å². The Kier molecular flexibility index (Phi) is 6.38. The molecule has 9 nitrogen and oxygen atoms in total. The van der Waals surface area contributed by atoms with Crippen LogP contribution < -0.4 is 15.8 Å². The van der Waals surface area contributed by atoms with Crippen LogP contribution in [-0.2, 0) is 16.9 Å². The number of likely N-dealkylation sites (N-methyl/N-ethyl adjacent to an activating group) is 1. The molecular formula is C25H24F2N6O3S. The maximum atomic E-state index is 14.2. The van der Waals surface area contributed by atoms with Gasteiger partial charge in [0.2, 0.25) is 15.8 Å². The zero-order chi connectivity index (χ0) is 26.3. The first-order chi connectivity index (χ1) is 17.6. The van der Waals surface area contributed by atoms with Gasteiger partial charge in [0.1, 0.15) is 27.1 Å². The number of fused-ring (bicyclic) bond motifs is 1. The van der Waals surface area contributed by atoms with Crippen molar-refractivity contribution in [3.63, 3.8) is 0 Å². The van der Waals surface area contributed by atoms with Gasteiger partial charge < -0.3 is 15.1 Å². The number of nitrogens with one attached hydrogen (secondary N) is 1. The highest BCUT2D eigenvalue weighted by molar-refractivity contribution is 7.91. The van der Waals surface area contributed by atoms with E-state index >= 15 is 0 Å². The molecule has 1 fully saturated rings. The van der Waals surface area contributed by atoms with E-state index in [-0.39, 0.29) is 17.0 Å². The number of rotatable bonds is 5. The first-order valence-corrected chi connectivity index (χ1v) is 13.0. The number of hydrogen-bond donors (Lipinski definition) is 1. The average Bonchev–Trinajstić information content (AvgIpc) is 2.87. The Labute approximate surface area is 211 Å². The molecule has 2 aromatic carbocycles. The second kappa shape index (κ2) is 9.52. The van der Waals surface area contributed by atoms with Crippen molar-refractivity contribution < 1.29 is 17.2 Å². The lowest BCUT2D eigenvalue weighted by Gasteiger charge is -2.34. The van der Waals surface area contributed by atoms with Gasteiger partial charge in [0, 0.05) is 62.3 Å². The van der Waals surface area contributed by atoms with Crippen LogP contribution in [0.4, 0.5) is 26.1 Å². The van der Waals surface area contributed by atoms with Crippen molar-refractivity contribution in [3.05, 3.63) is 76.7 Å². The number of piperazine rings is 1. The third-order valence-corrected chi connectivity index (χ3v) is 8.16. The minimum absolute atomic E-state index is 0.190. The molecule has 3 heterocycles. The number of nitrogens with zero attached hydrogens (tertiary/aromatic N) is 5. The Morgan fingerprint density at radius 3 is 2.30 bits per heavy atom. The molecule has 37 heavy (non-hydrogen) atoms. The molecule has 0 saturated carbocycles. The van der Waals surface area contributed by atoms with Crippen molar-refractivity contribution >= 4 is 38.2 Å². The van der Waals surface area contributed by atoms with E-state index in [9.17, 15) is 22.0 Å². The second-order valence-electron chi connectivity index (χ2n) is 8.89. The number of anilines is 3. The third kappa shape index (κ3) is 4.77. The first-order valence-electron chi connectivity index (χ1n) is 11.5. The van der Waals surface area contributed by atoms with Crippen LogP contribution in [0.15, 0.2) is 69.3 Å². The fourth-order valence-electron chi connectivity index (χ4n) is 4.23. The van der Waals surface area contributed by atoms with E-state index in [1.54, 1.807) is 0 Å². The molecule has 192 valence electrons. The zero-order valence-corrected chi connectivity index (χ0v) is 21.0. The summed E-state index contributed by atoms with van der Waals surface area (Å²) in [6, 6.07) is 11.0. The summed E-state index contributed by atoms with van der Waals surface area (Å²) in [5, 5.41) is 3.36. The first kappa shape index (κ1) is 24.8. The predicted molar refractivity (Wildman–Crippen MR) is 136 cm³/mol. The quantitative estimate of drug-likeness (QED) is 0.397. The van der Waals surface area contributed by atoms with Crippen LogP contribution in [-0.4, -0.2) is 61.1 Å². The van der Waals surface area contributed by atoms with Crippen molar-refractivity contribution in [2.24, 2.45) is 7.05 Å². The maximum Gasteiger partial charge on any atom is 0.271 e.